The molecule has 5 heteroatoms. The highest BCUT2D eigenvalue weighted by molar-refractivity contribution is 6.30. The molecule has 0 bridgehead atoms. The Bertz CT molecular complexity index is 319. The van der Waals surface area contributed by atoms with E-state index >= 15 is 0 Å². The molecule has 0 fully saturated rings. The van der Waals surface area contributed by atoms with E-state index in [-0.39, 0.29) is 18.5 Å². The van der Waals surface area contributed by atoms with E-state index in [0.717, 1.165) is 11.3 Å². The maximum Gasteiger partial charge on any atom is 0.123 e. The van der Waals surface area contributed by atoms with E-state index in [1.54, 1.807) is 20.1 Å². The molecule has 2 N–H and O–H groups in total. The van der Waals surface area contributed by atoms with E-state index in [2.05, 4.69) is 5.32 Å². The van der Waals surface area contributed by atoms with Crippen molar-refractivity contribution in [1.29, 1.82) is 0 Å². The molecule has 0 saturated heterocycles. The van der Waals surface area contributed by atoms with E-state index < -0.39 is 0 Å². The molecule has 0 spiro atoms. The van der Waals surface area contributed by atoms with Crippen LogP contribution in [0, 0.1) is 0 Å². The second-order valence-corrected chi connectivity index (χ2v) is 3.87. The van der Waals surface area contributed by atoms with Crippen molar-refractivity contribution in [3.8, 4) is 5.75 Å². The van der Waals surface area contributed by atoms with Crippen LogP contribution in [-0.4, -0.2) is 24.9 Å². The van der Waals surface area contributed by atoms with Crippen molar-refractivity contribution in [2.45, 2.75) is 19.6 Å². The third kappa shape index (κ3) is 5.03. The minimum absolute atomic E-state index is 0. The Hall–Kier alpha value is -0.480. The highest BCUT2D eigenvalue weighted by atomic mass is 35.5. The number of benzene rings is 1. The fourth-order valence-electron chi connectivity index (χ4n) is 1.30. The summed E-state index contributed by atoms with van der Waals surface area (Å²) in [5.41, 5.74) is 0.991. The maximum absolute atomic E-state index is 9.09. The van der Waals surface area contributed by atoms with E-state index in [9.17, 15) is 0 Å². The summed E-state index contributed by atoms with van der Waals surface area (Å²) in [6.07, 6.45) is -0.352. The lowest BCUT2D eigenvalue weighted by Gasteiger charge is -2.11. The van der Waals surface area contributed by atoms with Gasteiger partial charge in [-0.25, -0.2) is 0 Å². The summed E-state index contributed by atoms with van der Waals surface area (Å²) < 4.78 is 5.20. The third-order valence-corrected chi connectivity index (χ3v) is 2.23. The van der Waals surface area contributed by atoms with E-state index in [4.69, 9.17) is 21.4 Å². The van der Waals surface area contributed by atoms with Gasteiger partial charge in [0.05, 0.1) is 13.2 Å². The van der Waals surface area contributed by atoms with Gasteiger partial charge in [-0.1, -0.05) is 11.6 Å². The van der Waals surface area contributed by atoms with Crippen molar-refractivity contribution < 1.29 is 22.3 Å². The Kier molecular flexibility index (Phi) is 7.51. The first kappa shape index (κ1) is 15.5. The second kappa shape index (κ2) is 7.74. The molecule has 1 rings (SSSR count). The average molecular weight is 265 g/mol. The molecular weight excluding hydrogens is 249 g/mol. The lowest BCUT2D eigenvalue weighted by molar-refractivity contribution is -0.00000555. The molecule has 1 atom stereocenters. The predicted molar refractivity (Wildman–Crippen MR) is 61.4 cm³/mol. The average Bonchev–Trinajstić information content (AvgIpc) is 2.17. The molecule has 0 aliphatic carbocycles. The lowest BCUT2D eigenvalue weighted by atomic mass is 10.2. The fourth-order valence-corrected chi connectivity index (χ4v) is 1.50. The Balaban J connectivity index is 0.00000225. The van der Waals surface area contributed by atoms with Crippen LogP contribution in [0.4, 0.5) is 0 Å². The molecule has 0 radical (unpaired) electrons. The smallest absolute Gasteiger partial charge is 0.123 e. The molecular formula is C11H16Cl2NO2-. The van der Waals surface area contributed by atoms with E-state index in [0.29, 0.717) is 18.1 Å². The van der Waals surface area contributed by atoms with E-state index in [1.165, 1.54) is 0 Å². The first-order valence-corrected chi connectivity index (χ1v) is 5.22. The van der Waals surface area contributed by atoms with Crippen LogP contribution in [0.5, 0.6) is 5.75 Å². The van der Waals surface area contributed by atoms with E-state index in [1.807, 2.05) is 12.1 Å². The van der Waals surface area contributed by atoms with Crippen molar-refractivity contribution in [3.63, 3.8) is 0 Å². The molecule has 1 aromatic rings. The molecule has 1 aromatic carbocycles. The molecule has 0 saturated carbocycles. The van der Waals surface area contributed by atoms with Gasteiger partial charge in [-0.15, -0.1) is 0 Å². The van der Waals surface area contributed by atoms with Crippen LogP contribution in [-0.2, 0) is 6.54 Å². The number of halogens is 2. The number of hydrogen-bond donors (Lipinski definition) is 2. The van der Waals surface area contributed by atoms with Crippen LogP contribution >= 0.6 is 11.6 Å². The van der Waals surface area contributed by atoms with Gasteiger partial charge in [0.2, 0.25) is 0 Å². The van der Waals surface area contributed by atoms with Crippen molar-refractivity contribution in [2.24, 2.45) is 0 Å². The summed E-state index contributed by atoms with van der Waals surface area (Å²) in [6.45, 7) is 2.92. The zero-order valence-corrected chi connectivity index (χ0v) is 10.8. The van der Waals surface area contributed by atoms with Crippen LogP contribution < -0.4 is 22.5 Å². The molecule has 0 amide bonds. The summed E-state index contributed by atoms with van der Waals surface area (Å²) >= 11 is 5.88. The monoisotopic (exact) mass is 264 g/mol. The molecule has 16 heavy (non-hydrogen) atoms. The number of rotatable bonds is 5. The van der Waals surface area contributed by atoms with Crippen molar-refractivity contribution in [3.05, 3.63) is 28.8 Å². The highest BCUT2D eigenvalue weighted by Crippen LogP contribution is 2.22. The van der Waals surface area contributed by atoms with Gasteiger partial charge in [0.1, 0.15) is 5.75 Å². The normalized spacial score (nSPS) is 11.8. The number of ether oxygens (including phenoxy) is 1. The first-order valence-electron chi connectivity index (χ1n) is 4.84. The fraction of sp³-hybridized carbons (Fsp3) is 0.455. The highest BCUT2D eigenvalue weighted by Gasteiger charge is 2.03. The molecule has 1 unspecified atom stereocenters. The molecule has 3 nitrogen and oxygen atoms in total. The molecule has 0 heterocycles. The van der Waals surface area contributed by atoms with Crippen LogP contribution in [0.15, 0.2) is 18.2 Å². The Morgan fingerprint density at radius 1 is 1.50 bits per heavy atom. The quantitative estimate of drug-likeness (QED) is 0.704. The Morgan fingerprint density at radius 3 is 2.75 bits per heavy atom. The zero-order chi connectivity index (χ0) is 11.3. The topological polar surface area (TPSA) is 41.5 Å². The zero-order valence-electron chi connectivity index (χ0n) is 9.34. The molecule has 0 aliphatic rings. The van der Waals surface area contributed by atoms with Crippen LogP contribution in [0.3, 0.4) is 0 Å². The molecule has 92 valence electrons. The third-order valence-electron chi connectivity index (χ3n) is 2.00. The van der Waals surface area contributed by atoms with Gasteiger partial charge in [0, 0.05) is 23.7 Å². The number of methoxy groups -OCH3 is 1. The van der Waals surface area contributed by atoms with Gasteiger partial charge in [0.25, 0.3) is 0 Å². The number of aliphatic hydroxyl groups excluding tert-OH is 1. The van der Waals surface area contributed by atoms with Crippen LogP contribution in [0.1, 0.15) is 12.5 Å². The van der Waals surface area contributed by atoms with Crippen molar-refractivity contribution >= 4 is 11.6 Å². The summed E-state index contributed by atoms with van der Waals surface area (Å²) in [6, 6.07) is 5.48. The number of hydrogen-bond acceptors (Lipinski definition) is 3. The Labute approximate surface area is 107 Å². The SMILES string of the molecule is COc1ccc(Cl)cc1CNCC(C)O.[Cl-]. The number of nitrogens with one attached hydrogen (secondary N) is 1. The van der Waals surface area contributed by atoms with Gasteiger partial charge >= 0.3 is 0 Å². The van der Waals surface area contributed by atoms with Gasteiger partial charge in [-0.3, -0.25) is 0 Å². The minimum atomic E-state index is -0.352. The van der Waals surface area contributed by atoms with Crippen molar-refractivity contribution in [2.75, 3.05) is 13.7 Å². The predicted octanol–water partition coefficient (Wildman–Crippen LogP) is -1.18. The summed E-state index contributed by atoms with van der Waals surface area (Å²) in [4.78, 5) is 0. The minimum Gasteiger partial charge on any atom is -1.00 e. The maximum atomic E-state index is 9.09. The summed E-state index contributed by atoms with van der Waals surface area (Å²) in [5.74, 6) is 0.803. The van der Waals surface area contributed by atoms with Gasteiger partial charge < -0.3 is 27.6 Å². The van der Waals surface area contributed by atoms with Gasteiger partial charge in [-0.05, 0) is 25.1 Å². The largest absolute Gasteiger partial charge is 1.00 e. The van der Waals surface area contributed by atoms with Gasteiger partial charge in [0.15, 0.2) is 0 Å². The number of aliphatic hydroxyl groups is 1. The summed E-state index contributed by atoms with van der Waals surface area (Å²) in [7, 11) is 1.63. The van der Waals surface area contributed by atoms with Crippen LogP contribution in [0.2, 0.25) is 5.02 Å². The first-order chi connectivity index (χ1) is 7.13. The van der Waals surface area contributed by atoms with Gasteiger partial charge in [-0.2, -0.15) is 0 Å². The second-order valence-electron chi connectivity index (χ2n) is 3.44. The Morgan fingerprint density at radius 2 is 2.19 bits per heavy atom. The molecule has 0 aromatic heterocycles. The molecule has 0 aliphatic heterocycles. The summed E-state index contributed by atoms with van der Waals surface area (Å²) in [5, 5.41) is 12.9. The van der Waals surface area contributed by atoms with Crippen molar-refractivity contribution in [1.82, 2.24) is 5.32 Å². The standard InChI is InChI=1S/C11H16ClNO2.ClH/c1-8(14)6-13-7-9-5-10(12)3-4-11(9)15-2;/h3-5,8,13-14H,6-7H2,1-2H3;1H/p-1. The van der Waals surface area contributed by atoms with Crippen LogP contribution in [0.25, 0.3) is 0 Å². The lowest BCUT2D eigenvalue weighted by Crippen LogP contribution is -3.00.